The van der Waals surface area contributed by atoms with Crippen LogP contribution in [0, 0.1) is 0 Å². The third-order valence-corrected chi connectivity index (χ3v) is 2.88. The number of para-hydroxylation sites is 1. The first-order valence-electron chi connectivity index (χ1n) is 5.48. The van der Waals surface area contributed by atoms with Crippen molar-refractivity contribution in [2.24, 2.45) is 0 Å². The fourth-order valence-corrected chi connectivity index (χ4v) is 2.13. The highest BCUT2D eigenvalue weighted by Gasteiger charge is 2.21. The monoisotopic (exact) mass is 220 g/mol. The average Bonchev–Trinajstić information content (AvgIpc) is 2.73. The maximum Gasteiger partial charge on any atom is 0.221 e. The number of rotatable bonds is 2. The van der Waals surface area contributed by atoms with Gasteiger partial charge in [0.25, 0.3) is 0 Å². The van der Waals surface area contributed by atoms with Gasteiger partial charge in [-0.3, -0.25) is 4.79 Å². The van der Waals surface area contributed by atoms with Crippen LogP contribution >= 0.6 is 0 Å². The minimum absolute atomic E-state index is 0.139. The highest BCUT2D eigenvalue weighted by Crippen LogP contribution is 2.35. The number of carbonyl (C=O) groups is 1. The normalized spacial score (nSPS) is 19.7. The highest BCUT2D eigenvalue weighted by molar-refractivity contribution is 5.91. The van der Waals surface area contributed by atoms with Gasteiger partial charge in [-0.25, -0.2) is 0 Å². The van der Waals surface area contributed by atoms with Gasteiger partial charge in [0.1, 0.15) is 5.75 Å². The molecule has 1 aromatic rings. The van der Waals surface area contributed by atoms with Gasteiger partial charge in [0, 0.05) is 13.5 Å². The van der Waals surface area contributed by atoms with Crippen molar-refractivity contribution in [3.63, 3.8) is 0 Å². The number of carbonyl (C=O) groups excluding carboxylic acids is 1. The lowest BCUT2D eigenvalue weighted by molar-refractivity contribution is -0.114. The van der Waals surface area contributed by atoms with E-state index in [-0.39, 0.29) is 11.7 Å². The number of nitrogens with one attached hydrogen (secondary N) is 2. The van der Waals surface area contributed by atoms with Crippen LogP contribution in [0.2, 0.25) is 0 Å². The number of benzene rings is 1. The van der Waals surface area contributed by atoms with Crippen LogP contribution in [-0.4, -0.2) is 24.1 Å². The van der Waals surface area contributed by atoms with Crippen LogP contribution in [0.1, 0.15) is 24.8 Å². The van der Waals surface area contributed by atoms with Crippen LogP contribution < -0.4 is 10.6 Å². The number of amides is 1. The van der Waals surface area contributed by atoms with Crippen molar-refractivity contribution >= 4 is 11.6 Å². The van der Waals surface area contributed by atoms with Gasteiger partial charge in [-0.05, 0) is 30.5 Å². The fraction of sp³-hybridized carbons (Fsp3) is 0.417. The molecule has 0 aliphatic carbocycles. The Bertz CT molecular complexity index is 398. The first-order chi connectivity index (χ1) is 7.68. The highest BCUT2D eigenvalue weighted by atomic mass is 16.3. The second-order valence-electron chi connectivity index (χ2n) is 4.11. The number of hydrogen-bond donors (Lipinski definition) is 3. The van der Waals surface area contributed by atoms with E-state index in [4.69, 9.17) is 0 Å². The molecular weight excluding hydrogens is 204 g/mol. The molecule has 86 valence electrons. The summed E-state index contributed by atoms with van der Waals surface area (Å²) in [6.45, 7) is 3.33. The van der Waals surface area contributed by atoms with Crippen LogP contribution in [0.15, 0.2) is 18.2 Å². The van der Waals surface area contributed by atoms with E-state index in [9.17, 15) is 9.90 Å². The van der Waals surface area contributed by atoms with Crippen LogP contribution in [-0.2, 0) is 4.79 Å². The van der Waals surface area contributed by atoms with Gasteiger partial charge in [0.15, 0.2) is 0 Å². The van der Waals surface area contributed by atoms with Crippen molar-refractivity contribution < 1.29 is 9.90 Å². The molecule has 1 unspecified atom stereocenters. The third kappa shape index (κ3) is 2.17. The zero-order valence-electron chi connectivity index (χ0n) is 9.29. The maximum atomic E-state index is 11.1. The molecule has 16 heavy (non-hydrogen) atoms. The molecule has 1 aromatic carbocycles. The molecule has 4 heteroatoms. The van der Waals surface area contributed by atoms with Gasteiger partial charge < -0.3 is 15.7 Å². The van der Waals surface area contributed by atoms with E-state index < -0.39 is 0 Å². The Morgan fingerprint density at radius 2 is 2.38 bits per heavy atom. The molecule has 1 fully saturated rings. The van der Waals surface area contributed by atoms with E-state index in [1.807, 2.05) is 12.1 Å². The Hall–Kier alpha value is -1.55. The maximum absolute atomic E-state index is 11.1. The third-order valence-electron chi connectivity index (χ3n) is 2.88. The van der Waals surface area contributed by atoms with E-state index in [0.29, 0.717) is 11.6 Å². The number of hydrogen-bond acceptors (Lipinski definition) is 3. The Morgan fingerprint density at radius 1 is 1.56 bits per heavy atom. The predicted octanol–water partition coefficient (Wildman–Crippen LogP) is 1.43. The van der Waals surface area contributed by atoms with Crippen LogP contribution in [0.25, 0.3) is 0 Å². The molecule has 3 N–H and O–H groups in total. The summed E-state index contributed by atoms with van der Waals surface area (Å²) in [6, 6.07) is 5.37. The summed E-state index contributed by atoms with van der Waals surface area (Å²) in [5, 5.41) is 15.7. The Kier molecular flexibility index (Phi) is 3.10. The smallest absolute Gasteiger partial charge is 0.221 e. The quantitative estimate of drug-likeness (QED) is 0.661. The van der Waals surface area contributed by atoms with Gasteiger partial charge >= 0.3 is 0 Å². The summed E-state index contributed by atoms with van der Waals surface area (Å²) < 4.78 is 0. The van der Waals surface area contributed by atoms with E-state index in [1.54, 1.807) is 6.07 Å². The molecule has 1 atom stereocenters. The Labute approximate surface area is 94.7 Å². The van der Waals surface area contributed by atoms with Gasteiger partial charge in [-0.1, -0.05) is 12.1 Å². The second kappa shape index (κ2) is 4.53. The summed E-state index contributed by atoms with van der Waals surface area (Å²) in [6.07, 6.45) is 1.04. The topological polar surface area (TPSA) is 61.4 Å². The lowest BCUT2D eigenvalue weighted by atomic mass is 9.96. The van der Waals surface area contributed by atoms with Crippen molar-refractivity contribution in [3.05, 3.63) is 23.8 Å². The van der Waals surface area contributed by atoms with Gasteiger partial charge in [0.05, 0.1) is 5.69 Å². The number of aromatic hydroxyl groups is 1. The van der Waals surface area contributed by atoms with Crippen molar-refractivity contribution in [2.45, 2.75) is 19.3 Å². The van der Waals surface area contributed by atoms with E-state index >= 15 is 0 Å². The van der Waals surface area contributed by atoms with Crippen molar-refractivity contribution in [3.8, 4) is 5.75 Å². The van der Waals surface area contributed by atoms with Crippen LogP contribution in [0.4, 0.5) is 5.69 Å². The molecule has 0 spiro atoms. The predicted molar refractivity (Wildman–Crippen MR) is 62.6 cm³/mol. The van der Waals surface area contributed by atoms with Crippen molar-refractivity contribution in [2.75, 3.05) is 18.4 Å². The molecule has 0 aromatic heterocycles. The molecule has 0 bridgehead atoms. The molecule has 0 radical (unpaired) electrons. The number of phenolic OH excluding ortho intramolecular Hbond substituents is 1. The molecular formula is C12H16N2O2. The molecule has 2 rings (SSSR count). The Balaban J connectivity index is 2.34. The minimum atomic E-state index is -0.159. The molecule has 4 nitrogen and oxygen atoms in total. The summed E-state index contributed by atoms with van der Waals surface area (Å²) in [5.74, 6) is 0.349. The average molecular weight is 220 g/mol. The summed E-state index contributed by atoms with van der Waals surface area (Å²) in [4.78, 5) is 11.1. The largest absolute Gasteiger partial charge is 0.506 e. The van der Waals surface area contributed by atoms with Crippen molar-refractivity contribution in [1.29, 1.82) is 0 Å². The first kappa shape index (κ1) is 11.0. The lowest BCUT2D eigenvalue weighted by Gasteiger charge is -2.16. The van der Waals surface area contributed by atoms with Crippen molar-refractivity contribution in [1.82, 2.24) is 5.32 Å². The van der Waals surface area contributed by atoms with Gasteiger partial charge in [-0.2, -0.15) is 0 Å². The molecule has 1 saturated heterocycles. The molecule has 1 amide bonds. The van der Waals surface area contributed by atoms with E-state index in [2.05, 4.69) is 10.6 Å². The van der Waals surface area contributed by atoms with E-state index in [1.165, 1.54) is 6.92 Å². The standard InChI is InChI=1S/C12H16N2O2/c1-8(15)14-12-10(3-2-4-11(12)16)9-5-6-13-7-9/h2-4,9,13,16H,5-7H2,1H3,(H,14,15). The fourth-order valence-electron chi connectivity index (χ4n) is 2.13. The van der Waals surface area contributed by atoms with Crippen LogP contribution in [0.3, 0.4) is 0 Å². The summed E-state index contributed by atoms with van der Waals surface area (Å²) >= 11 is 0. The number of phenols is 1. The Morgan fingerprint density at radius 3 is 3.00 bits per heavy atom. The van der Waals surface area contributed by atoms with Gasteiger partial charge in [0.2, 0.25) is 5.91 Å². The zero-order chi connectivity index (χ0) is 11.5. The molecule has 1 heterocycles. The second-order valence-corrected chi connectivity index (χ2v) is 4.11. The van der Waals surface area contributed by atoms with E-state index in [0.717, 1.165) is 25.1 Å². The summed E-state index contributed by atoms with van der Waals surface area (Å²) in [5.41, 5.74) is 1.57. The molecule has 1 aliphatic rings. The zero-order valence-corrected chi connectivity index (χ0v) is 9.29. The lowest BCUT2D eigenvalue weighted by Crippen LogP contribution is -2.12. The number of anilines is 1. The summed E-state index contributed by atoms with van der Waals surface area (Å²) in [7, 11) is 0. The minimum Gasteiger partial charge on any atom is -0.506 e. The molecule has 0 saturated carbocycles. The van der Waals surface area contributed by atoms with Gasteiger partial charge in [-0.15, -0.1) is 0 Å². The molecule has 1 aliphatic heterocycles. The van der Waals surface area contributed by atoms with Crippen LogP contribution in [0.5, 0.6) is 5.75 Å². The first-order valence-corrected chi connectivity index (χ1v) is 5.48. The SMILES string of the molecule is CC(=O)Nc1c(O)cccc1C1CCNC1.